The van der Waals surface area contributed by atoms with Gasteiger partial charge >= 0.3 is 0 Å². The number of hydrogen-bond acceptors (Lipinski definition) is 4. The van der Waals surface area contributed by atoms with Gasteiger partial charge in [0.05, 0.1) is 7.11 Å². The van der Waals surface area contributed by atoms with Crippen molar-refractivity contribution >= 4 is 11.6 Å². The van der Waals surface area contributed by atoms with Gasteiger partial charge in [-0.05, 0) is 12.1 Å². The third-order valence-corrected chi connectivity index (χ3v) is 3.45. The molecule has 0 unspecified atom stereocenters. The molecule has 0 fully saturated rings. The fourth-order valence-electron chi connectivity index (χ4n) is 2.30. The number of halogens is 4. The lowest BCUT2D eigenvalue weighted by Gasteiger charge is -2.19. The number of carbonyl (C=O) groups is 1. The summed E-state index contributed by atoms with van der Waals surface area (Å²) < 4.78 is 70.2. The van der Waals surface area contributed by atoms with Crippen molar-refractivity contribution in [3.63, 3.8) is 0 Å². The summed E-state index contributed by atoms with van der Waals surface area (Å²) in [5.74, 6) is -9.17. The number of hydrogen-bond donors (Lipinski definition) is 1. The average molecular weight is 357 g/mol. The van der Waals surface area contributed by atoms with Crippen LogP contribution in [0.25, 0.3) is 0 Å². The molecule has 0 saturated heterocycles. The quantitative estimate of drug-likeness (QED) is 0.677. The molecule has 1 amide bonds. The number of amides is 1. The van der Waals surface area contributed by atoms with Gasteiger partial charge in [-0.15, -0.1) is 0 Å². The van der Waals surface area contributed by atoms with Crippen LogP contribution in [-0.2, 0) is 0 Å². The van der Waals surface area contributed by atoms with Crippen LogP contribution in [0.4, 0.5) is 23.2 Å². The van der Waals surface area contributed by atoms with Crippen molar-refractivity contribution in [1.29, 1.82) is 0 Å². The monoisotopic (exact) mass is 357 g/mol. The maximum atomic E-state index is 13.9. The highest BCUT2D eigenvalue weighted by Gasteiger charge is 2.30. The molecule has 0 bridgehead atoms. The maximum Gasteiger partial charge on any atom is 0.261 e. The molecule has 0 aliphatic carbocycles. The first-order valence-corrected chi connectivity index (χ1v) is 7.05. The zero-order chi connectivity index (χ0) is 18.1. The van der Waals surface area contributed by atoms with Crippen molar-refractivity contribution in [1.82, 2.24) is 0 Å². The van der Waals surface area contributed by atoms with E-state index in [0.717, 1.165) is 7.11 Å². The van der Waals surface area contributed by atoms with Gasteiger partial charge in [0.2, 0.25) is 11.6 Å². The highest BCUT2D eigenvalue weighted by Crippen LogP contribution is 2.34. The predicted octanol–water partition coefficient (Wildman–Crippen LogP) is 3.28. The fraction of sp³-hybridized carbons (Fsp3) is 0.188. The number of rotatable bonds is 3. The van der Waals surface area contributed by atoms with Crippen LogP contribution in [0.15, 0.2) is 18.2 Å². The molecule has 0 spiro atoms. The van der Waals surface area contributed by atoms with Gasteiger partial charge in [-0.25, -0.2) is 8.78 Å². The van der Waals surface area contributed by atoms with Gasteiger partial charge in [0, 0.05) is 11.8 Å². The number of fused-ring (bicyclic) bond motifs is 1. The van der Waals surface area contributed by atoms with Crippen molar-refractivity contribution in [3.05, 3.63) is 47.0 Å². The lowest BCUT2D eigenvalue weighted by molar-refractivity contribution is 0.101. The Morgan fingerprint density at radius 2 is 1.60 bits per heavy atom. The van der Waals surface area contributed by atoms with E-state index >= 15 is 0 Å². The van der Waals surface area contributed by atoms with E-state index < -0.39 is 40.5 Å². The molecule has 0 aromatic heterocycles. The number of carbonyl (C=O) groups excluding carboxylic acids is 1. The number of anilines is 1. The van der Waals surface area contributed by atoms with Crippen LogP contribution in [0.2, 0.25) is 0 Å². The second-order valence-electron chi connectivity index (χ2n) is 4.98. The molecule has 0 radical (unpaired) electrons. The second-order valence-corrected chi connectivity index (χ2v) is 4.98. The molecule has 25 heavy (non-hydrogen) atoms. The minimum absolute atomic E-state index is 0.102. The largest absolute Gasteiger partial charge is 0.491 e. The summed E-state index contributed by atoms with van der Waals surface area (Å²) in [5, 5.41) is 2.15. The van der Waals surface area contributed by atoms with E-state index in [1.54, 1.807) is 0 Å². The van der Waals surface area contributed by atoms with Crippen LogP contribution < -0.4 is 19.5 Å². The van der Waals surface area contributed by atoms with Crippen molar-refractivity contribution in [2.75, 3.05) is 25.6 Å². The van der Waals surface area contributed by atoms with Gasteiger partial charge < -0.3 is 19.5 Å². The third-order valence-electron chi connectivity index (χ3n) is 3.45. The van der Waals surface area contributed by atoms with Crippen molar-refractivity contribution < 1.29 is 36.6 Å². The molecule has 2 aromatic rings. The number of benzene rings is 2. The first-order chi connectivity index (χ1) is 11.9. The molecule has 3 rings (SSSR count). The first kappa shape index (κ1) is 16.9. The molecule has 132 valence electrons. The molecule has 2 aromatic carbocycles. The van der Waals surface area contributed by atoms with Gasteiger partial charge in [-0.3, -0.25) is 4.79 Å². The summed E-state index contributed by atoms with van der Waals surface area (Å²) in [5.41, 5.74) is -1.30. The summed E-state index contributed by atoms with van der Waals surface area (Å²) in [6, 6.07) is 4.22. The van der Waals surface area contributed by atoms with E-state index in [4.69, 9.17) is 9.47 Å². The Balaban J connectivity index is 1.94. The Labute approximate surface area is 139 Å². The smallest absolute Gasteiger partial charge is 0.261 e. The van der Waals surface area contributed by atoms with E-state index in [0.29, 0.717) is 24.7 Å². The molecule has 5 nitrogen and oxygen atoms in total. The van der Waals surface area contributed by atoms with Gasteiger partial charge in [-0.2, -0.15) is 8.78 Å². The molecular formula is C16H11F4NO4. The van der Waals surface area contributed by atoms with Crippen LogP contribution in [0.3, 0.4) is 0 Å². The Hall–Kier alpha value is -2.97. The highest BCUT2D eigenvalue weighted by molar-refractivity contribution is 6.05. The third kappa shape index (κ3) is 2.92. The van der Waals surface area contributed by atoms with E-state index in [1.807, 2.05) is 0 Å². The number of ether oxygens (including phenoxy) is 3. The van der Waals surface area contributed by atoms with E-state index in [1.165, 1.54) is 18.2 Å². The fourth-order valence-corrected chi connectivity index (χ4v) is 2.30. The minimum Gasteiger partial charge on any atom is -0.491 e. The first-order valence-electron chi connectivity index (χ1n) is 7.05. The molecule has 1 aliphatic rings. The molecule has 0 atom stereocenters. The van der Waals surface area contributed by atoms with Crippen LogP contribution in [0, 0.1) is 23.3 Å². The SMILES string of the molecule is COc1c(F)c(F)c(C(=O)Nc2ccc3c(c2)OCCO3)c(F)c1F. The number of nitrogens with one attached hydrogen (secondary N) is 1. The number of methoxy groups -OCH3 is 1. The van der Waals surface area contributed by atoms with Gasteiger partial charge in [0.15, 0.2) is 28.9 Å². The molecule has 1 N–H and O–H groups in total. The topological polar surface area (TPSA) is 56.8 Å². The van der Waals surface area contributed by atoms with Crippen molar-refractivity contribution in [2.45, 2.75) is 0 Å². The van der Waals surface area contributed by atoms with Crippen molar-refractivity contribution in [2.24, 2.45) is 0 Å². The maximum absolute atomic E-state index is 13.9. The van der Waals surface area contributed by atoms with Gasteiger partial charge in [0.1, 0.15) is 18.8 Å². The zero-order valence-electron chi connectivity index (χ0n) is 12.8. The highest BCUT2D eigenvalue weighted by atomic mass is 19.2. The summed E-state index contributed by atoms with van der Waals surface area (Å²) in [6.07, 6.45) is 0. The molecule has 9 heteroatoms. The van der Waals surface area contributed by atoms with Crippen LogP contribution in [-0.4, -0.2) is 26.2 Å². The summed E-state index contributed by atoms with van der Waals surface area (Å²) in [7, 11) is 0.843. The summed E-state index contributed by atoms with van der Waals surface area (Å²) >= 11 is 0. The lowest BCUT2D eigenvalue weighted by Crippen LogP contribution is -2.19. The van der Waals surface area contributed by atoms with E-state index in [9.17, 15) is 22.4 Å². The van der Waals surface area contributed by atoms with E-state index in [-0.39, 0.29) is 5.69 Å². The standard InChI is InChI=1S/C16H11F4NO4/c1-23-15-13(19)11(17)10(12(18)14(15)20)16(22)21-7-2-3-8-9(6-7)25-5-4-24-8/h2-3,6H,4-5H2,1H3,(H,21,22). The minimum atomic E-state index is -1.86. The van der Waals surface area contributed by atoms with Crippen molar-refractivity contribution in [3.8, 4) is 17.2 Å². The Morgan fingerprint density at radius 3 is 2.20 bits per heavy atom. The Bertz CT molecular complexity index is 828. The normalized spacial score (nSPS) is 12.7. The van der Waals surface area contributed by atoms with Crippen LogP contribution in [0.1, 0.15) is 10.4 Å². The van der Waals surface area contributed by atoms with Gasteiger partial charge in [0.25, 0.3) is 5.91 Å². The van der Waals surface area contributed by atoms with Gasteiger partial charge in [-0.1, -0.05) is 0 Å². The average Bonchev–Trinajstić information content (AvgIpc) is 2.60. The van der Waals surface area contributed by atoms with Crippen LogP contribution in [0.5, 0.6) is 17.2 Å². The van der Waals surface area contributed by atoms with E-state index in [2.05, 4.69) is 10.1 Å². The second kappa shape index (κ2) is 6.50. The Morgan fingerprint density at radius 1 is 1.00 bits per heavy atom. The lowest BCUT2D eigenvalue weighted by atomic mass is 10.1. The summed E-state index contributed by atoms with van der Waals surface area (Å²) in [6.45, 7) is 0.655. The molecule has 1 aliphatic heterocycles. The zero-order valence-corrected chi connectivity index (χ0v) is 12.8. The summed E-state index contributed by atoms with van der Waals surface area (Å²) in [4.78, 5) is 12.1. The molecule has 1 heterocycles. The Kier molecular flexibility index (Phi) is 4.39. The molecular weight excluding hydrogens is 346 g/mol. The van der Waals surface area contributed by atoms with Crippen LogP contribution >= 0.6 is 0 Å². The molecule has 0 saturated carbocycles. The predicted molar refractivity (Wildman–Crippen MR) is 78.2 cm³/mol.